The molecule has 11 heteroatoms. The first-order chi connectivity index (χ1) is 19.0. The maximum Gasteiger partial charge on any atom is 0.303 e. The SMILES string of the molecule is CC(=O)N[C@@H]1[C@@H](Oc2ccc(C(=O)/C=C/c3ccccc3)cc2)O[C@@H](COC(C)=O)[C@@H](OC(C)=O)[C@@H]1OC(C)=O. The van der Waals surface area contributed by atoms with E-state index in [1.807, 2.05) is 30.3 Å². The van der Waals surface area contributed by atoms with Crippen LogP contribution in [0.2, 0.25) is 0 Å². The van der Waals surface area contributed by atoms with Crippen LogP contribution in [0.3, 0.4) is 0 Å². The molecule has 1 saturated heterocycles. The number of allylic oxidation sites excluding steroid dienone is 1. The van der Waals surface area contributed by atoms with Crippen LogP contribution in [-0.2, 0) is 38.1 Å². The Bertz CT molecular complexity index is 1240. The van der Waals surface area contributed by atoms with Crippen molar-refractivity contribution < 1.29 is 47.7 Å². The van der Waals surface area contributed by atoms with E-state index in [0.717, 1.165) is 19.4 Å². The predicted octanol–water partition coefficient (Wildman–Crippen LogP) is 2.62. The topological polar surface area (TPSA) is 144 Å². The number of hydrogen-bond acceptors (Lipinski definition) is 10. The van der Waals surface area contributed by atoms with E-state index < -0.39 is 54.5 Å². The monoisotopic (exact) mass is 553 g/mol. The van der Waals surface area contributed by atoms with Crippen molar-refractivity contribution >= 4 is 35.7 Å². The zero-order valence-electron chi connectivity index (χ0n) is 22.5. The molecule has 0 bridgehead atoms. The maximum atomic E-state index is 12.6. The second-order valence-electron chi connectivity index (χ2n) is 8.97. The van der Waals surface area contributed by atoms with Crippen molar-refractivity contribution in [2.75, 3.05) is 6.61 Å². The first kappa shape index (κ1) is 30.0. The van der Waals surface area contributed by atoms with Crippen molar-refractivity contribution in [3.63, 3.8) is 0 Å². The molecule has 1 aliphatic rings. The Morgan fingerprint density at radius 3 is 2.02 bits per heavy atom. The molecule has 1 aliphatic heterocycles. The molecule has 1 amide bonds. The van der Waals surface area contributed by atoms with Gasteiger partial charge in [-0.3, -0.25) is 24.0 Å². The molecule has 0 unspecified atom stereocenters. The third kappa shape index (κ3) is 8.77. The van der Waals surface area contributed by atoms with Gasteiger partial charge in [0.1, 0.15) is 24.5 Å². The number of ketones is 1. The smallest absolute Gasteiger partial charge is 0.303 e. The van der Waals surface area contributed by atoms with Gasteiger partial charge in [-0.15, -0.1) is 0 Å². The quantitative estimate of drug-likeness (QED) is 0.202. The minimum atomic E-state index is -1.26. The Morgan fingerprint density at radius 1 is 0.825 bits per heavy atom. The van der Waals surface area contributed by atoms with Crippen LogP contribution in [0.25, 0.3) is 6.08 Å². The van der Waals surface area contributed by atoms with E-state index >= 15 is 0 Å². The van der Waals surface area contributed by atoms with Gasteiger partial charge in [0, 0.05) is 33.3 Å². The fraction of sp³-hybridized carbons (Fsp3) is 0.345. The third-order valence-corrected chi connectivity index (χ3v) is 5.69. The van der Waals surface area contributed by atoms with E-state index in [-0.39, 0.29) is 18.1 Å². The molecular formula is C29H31NO10. The fourth-order valence-electron chi connectivity index (χ4n) is 4.06. The number of carbonyl (C=O) groups excluding carboxylic acids is 5. The normalized spacial score (nSPS) is 22.1. The van der Waals surface area contributed by atoms with Crippen molar-refractivity contribution in [1.82, 2.24) is 5.32 Å². The van der Waals surface area contributed by atoms with E-state index in [1.165, 1.54) is 32.1 Å². The third-order valence-electron chi connectivity index (χ3n) is 5.69. The van der Waals surface area contributed by atoms with Crippen molar-refractivity contribution in [1.29, 1.82) is 0 Å². The molecule has 40 heavy (non-hydrogen) atoms. The summed E-state index contributed by atoms with van der Waals surface area (Å²) in [6.07, 6.45) is -1.67. The van der Waals surface area contributed by atoms with Gasteiger partial charge in [0.05, 0.1) is 0 Å². The summed E-state index contributed by atoms with van der Waals surface area (Å²) < 4.78 is 27.9. The summed E-state index contributed by atoms with van der Waals surface area (Å²) in [5.74, 6) is -2.48. The van der Waals surface area contributed by atoms with Gasteiger partial charge in [-0.1, -0.05) is 36.4 Å². The molecule has 0 spiro atoms. The summed E-state index contributed by atoms with van der Waals surface area (Å²) in [6.45, 7) is 4.40. The van der Waals surface area contributed by atoms with E-state index in [2.05, 4.69) is 5.32 Å². The van der Waals surface area contributed by atoms with Crippen LogP contribution in [0, 0.1) is 0 Å². The first-order valence-corrected chi connectivity index (χ1v) is 12.5. The van der Waals surface area contributed by atoms with E-state index in [9.17, 15) is 24.0 Å². The molecule has 0 aromatic heterocycles. The predicted molar refractivity (Wildman–Crippen MR) is 141 cm³/mol. The van der Waals surface area contributed by atoms with E-state index in [1.54, 1.807) is 18.2 Å². The van der Waals surface area contributed by atoms with Crippen LogP contribution < -0.4 is 10.1 Å². The van der Waals surface area contributed by atoms with Crippen molar-refractivity contribution in [2.24, 2.45) is 0 Å². The highest BCUT2D eigenvalue weighted by atomic mass is 16.7. The summed E-state index contributed by atoms with van der Waals surface area (Å²) in [7, 11) is 0. The maximum absolute atomic E-state index is 12.6. The van der Waals surface area contributed by atoms with Crippen LogP contribution in [0.1, 0.15) is 43.6 Å². The lowest BCUT2D eigenvalue weighted by molar-refractivity contribution is -0.257. The average Bonchev–Trinajstić information content (AvgIpc) is 2.89. The van der Waals surface area contributed by atoms with Crippen LogP contribution >= 0.6 is 0 Å². The Labute approximate surface area is 231 Å². The summed E-state index contributed by atoms with van der Waals surface area (Å²) in [4.78, 5) is 60.0. The number of nitrogens with one attached hydrogen (secondary N) is 1. The molecule has 0 radical (unpaired) electrons. The van der Waals surface area contributed by atoms with Gasteiger partial charge in [-0.05, 0) is 35.9 Å². The Balaban J connectivity index is 1.86. The van der Waals surface area contributed by atoms with Crippen molar-refractivity contribution in [2.45, 2.75) is 58.3 Å². The highest BCUT2D eigenvalue weighted by molar-refractivity contribution is 6.06. The second kappa shape index (κ2) is 14.0. The molecule has 2 aromatic carbocycles. The summed E-state index contributed by atoms with van der Waals surface area (Å²) >= 11 is 0. The van der Waals surface area contributed by atoms with Gasteiger partial charge in [0.25, 0.3) is 0 Å². The van der Waals surface area contributed by atoms with Crippen molar-refractivity contribution in [3.05, 3.63) is 71.8 Å². The highest BCUT2D eigenvalue weighted by Crippen LogP contribution is 2.29. The zero-order chi connectivity index (χ0) is 29.2. The largest absolute Gasteiger partial charge is 0.463 e. The minimum absolute atomic E-state index is 0.221. The molecule has 5 atom stereocenters. The number of carbonyl (C=O) groups is 5. The van der Waals surface area contributed by atoms with Crippen molar-refractivity contribution in [3.8, 4) is 5.75 Å². The second-order valence-corrected chi connectivity index (χ2v) is 8.97. The van der Waals surface area contributed by atoms with Gasteiger partial charge in [-0.2, -0.15) is 0 Å². The molecule has 3 rings (SSSR count). The van der Waals surface area contributed by atoms with Crippen LogP contribution in [0.4, 0.5) is 0 Å². The Hall–Kier alpha value is -4.51. The van der Waals surface area contributed by atoms with Crippen LogP contribution in [0.15, 0.2) is 60.7 Å². The summed E-state index contributed by atoms with van der Waals surface area (Å²) in [5.41, 5.74) is 1.29. The van der Waals surface area contributed by atoms with Crippen LogP contribution in [-0.4, -0.2) is 66.8 Å². The number of ether oxygens (including phenoxy) is 5. The van der Waals surface area contributed by atoms with Crippen LogP contribution in [0.5, 0.6) is 5.75 Å². The molecule has 1 heterocycles. The lowest BCUT2D eigenvalue weighted by Crippen LogP contribution is -2.67. The molecule has 1 N–H and O–H groups in total. The zero-order valence-corrected chi connectivity index (χ0v) is 22.5. The van der Waals surface area contributed by atoms with Gasteiger partial charge in [-0.25, -0.2) is 0 Å². The lowest BCUT2D eigenvalue weighted by atomic mass is 9.96. The van der Waals surface area contributed by atoms with Gasteiger partial charge < -0.3 is 29.0 Å². The number of amides is 1. The summed E-state index contributed by atoms with van der Waals surface area (Å²) in [5, 5.41) is 2.63. The fourth-order valence-corrected chi connectivity index (χ4v) is 4.06. The lowest BCUT2D eigenvalue weighted by Gasteiger charge is -2.44. The molecule has 1 fully saturated rings. The van der Waals surface area contributed by atoms with Gasteiger partial charge >= 0.3 is 17.9 Å². The van der Waals surface area contributed by atoms with E-state index in [4.69, 9.17) is 23.7 Å². The Morgan fingerprint density at radius 2 is 1.45 bits per heavy atom. The molecule has 11 nitrogen and oxygen atoms in total. The highest BCUT2D eigenvalue weighted by Gasteiger charge is 2.51. The number of benzene rings is 2. The van der Waals surface area contributed by atoms with Gasteiger partial charge in [0.15, 0.2) is 18.0 Å². The number of rotatable bonds is 10. The number of esters is 3. The van der Waals surface area contributed by atoms with E-state index in [0.29, 0.717) is 5.56 Å². The average molecular weight is 554 g/mol. The molecule has 0 aliphatic carbocycles. The summed E-state index contributed by atoms with van der Waals surface area (Å²) in [6, 6.07) is 14.5. The first-order valence-electron chi connectivity index (χ1n) is 12.5. The number of hydrogen-bond donors (Lipinski definition) is 1. The van der Waals surface area contributed by atoms with Gasteiger partial charge in [0.2, 0.25) is 12.2 Å². The standard InChI is InChI=1S/C29H31NO10/c1-17(31)30-26-28(38-20(4)34)27(37-19(3)33)25(16-36-18(2)32)40-29(26)39-23-13-11-22(12-14-23)24(35)15-10-21-8-6-5-7-9-21/h5-15,25-29H,16H2,1-4H3,(H,30,31)/b15-10+/t25-,26-,27+,28+,29-/m0/s1. The minimum Gasteiger partial charge on any atom is -0.463 e. The molecule has 2 aromatic rings. The molecular weight excluding hydrogens is 522 g/mol. The molecule has 212 valence electrons. The molecule has 0 saturated carbocycles. The Kier molecular flexibility index (Phi) is 10.5.